The van der Waals surface area contributed by atoms with Crippen LogP contribution in [0.15, 0.2) is 29.2 Å². The number of benzene rings is 1. The van der Waals surface area contributed by atoms with Crippen molar-refractivity contribution in [3.63, 3.8) is 0 Å². The Bertz CT molecular complexity index is 390. The highest BCUT2D eigenvalue weighted by Crippen LogP contribution is 2.15. The smallest absolute Gasteiger partial charge is 0.0548 e. The van der Waals surface area contributed by atoms with Gasteiger partial charge in [-0.05, 0) is 37.4 Å². The first kappa shape index (κ1) is 15.4. The topological polar surface area (TPSA) is 29.1 Å². The average Bonchev–Trinajstić information content (AvgIpc) is 2.34. The average molecular weight is 267 g/mol. The molecule has 0 bridgehead atoms. The molecule has 18 heavy (non-hydrogen) atoms. The van der Waals surface area contributed by atoms with Crippen molar-refractivity contribution in [1.82, 2.24) is 5.32 Å². The fourth-order valence-electron chi connectivity index (χ4n) is 1.88. The number of rotatable bonds is 7. The molecule has 0 aromatic heterocycles. The van der Waals surface area contributed by atoms with Crippen LogP contribution in [0.4, 0.5) is 0 Å². The van der Waals surface area contributed by atoms with Crippen molar-refractivity contribution in [2.75, 3.05) is 12.3 Å². The summed E-state index contributed by atoms with van der Waals surface area (Å²) < 4.78 is 12.4. The Morgan fingerprint density at radius 2 is 1.94 bits per heavy atom. The Balaban J connectivity index is 2.69. The van der Waals surface area contributed by atoms with Crippen LogP contribution in [0.25, 0.3) is 0 Å². The van der Waals surface area contributed by atoms with Gasteiger partial charge in [-0.1, -0.05) is 39.0 Å². The van der Waals surface area contributed by atoms with Crippen molar-refractivity contribution in [3.05, 3.63) is 29.8 Å². The molecule has 0 saturated heterocycles. The molecule has 0 amide bonds. The second-order valence-electron chi connectivity index (χ2n) is 5.08. The molecule has 2 atom stereocenters. The summed E-state index contributed by atoms with van der Waals surface area (Å²) in [5.74, 6) is 1.20. The predicted molar refractivity (Wildman–Crippen MR) is 79.4 cm³/mol. The van der Waals surface area contributed by atoms with Crippen LogP contribution in [-0.4, -0.2) is 22.5 Å². The van der Waals surface area contributed by atoms with Gasteiger partial charge >= 0.3 is 0 Å². The summed E-state index contributed by atoms with van der Waals surface area (Å²) in [5, 5.41) is 3.50. The number of aryl methyl sites for hydroxylation is 1. The van der Waals surface area contributed by atoms with Gasteiger partial charge in [-0.2, -0.15) is 0 Å². The van der Waals surface area contributed by atoms with E-state index in [-0.39, 0.29) is 0 Å². The maximum Gasteiger partial charge on any atom is 0.0548 e. The van der Waals surface area contributed by atoms with E-state index in [0.29, 0.717) is 17.7 Å². The third kappa shape index (κ3) is 4.54. The minimum Gasteiger partial charge on any atom is -0.313 e. The van der Waals surface area contributed by atoms with Crippen molar-refractivity contribution in [2.24, 2.45) is 5.92 Å². The Kier molecular flexibility index (Phi) is 6.58. The highest BCUT2D eigenvalue weighted by molar-refractivity contribution is 7.85. The third-order valence-electron chi connectivity index (χ3n) is 3.13. The van der Waals surface area contributed by atoms with Gasteiger partial charge in [-0.25, -0.2) is 0 Å². The summed E-state index contributed by atoms with van der Waals surface area (Å²) in [6, 6.07) is 8.28. The van der Waals surface area contributed by atoms with Gasteiger partial charge in [0.15, 0.2) is 0 Å². The zero-order valence-corrected chi connectivity index (χ0v) is 12.7. The van der Waals surface area contributed by atoms with Crippen LogP contribution in [0, 0.1) is 12.8 Å². The van der Waals surface area contributed by atoms with Crippen LogP contribution in [-0.2, 0) is 10.8 Å². The van der Waals surface area contributed by atoms with E-state index in [2.05, 4.69) is 26.1 Å². The fraction of sp³-hybridized carbons (Fsp3) is 0.600. The number of hydrogen-bond acceptors (Lipinski definition) is 2. The van der Waals surface area contributed by atoms with Gasteiger partial charge in [0.25, 0.3) is 0 Å². The van der Waals surface area contributed by atoms with Crippen molar-refractivity contribution in [3.8, 4) is 0 Å². The lowest BCUT2D eigenvalue weighted by Gasteiger charge is -2.22. The summed E-state index contributed by atoms with van der Waals surface area (Å²) in [6.07, 6.45) is 1.11. The van der Waals surface area contributed by atoms with Crippen molar-refractivity contribution < 1.29 is 4.21 Å². The van der Waals surface area contributed by atoms with E-state index in [9.17, 15) is 4.21 Å². The molecule has 0 saturated carbocycles. The van der Waals surface area contributed by atoms with E-state index in [1.165, 1.54) is 0 Å². The first-order chi connectivity index (χ1) is 8.56. The first-order valence-electron chi connectivity index (χ1n) is 6.73. The van der Waals surface area contributed by atoms with Gasteiger partial charge < -0.3 is 5.32 Å². The van der Waals surface area contributed by atoms with Gasteiger partial charge in [0, 0.05) is 16.7 Å². The van der Waals surface area contributed by atoms with Gasteiger partial charge in [0.2, 0.25) is 0 Å². The second-order valence-corrected chi connectivity index (χ2v) is 6.55. The van der Waals surface area contributed by atoms with Gasteiger partial charge in [0.1, 0.15) is 0 Å². The van der Waals surface area contributed by atoms with Crippen molar-refractivity contribution in [2.45, 2.75) is 45.1 Å². The summed E-state index contributed by atoms with van der Waals surface area (Å²) in [6.45, 7) is 9.54. The monoisotopic (exact) mass is 267 g/mol. The summed E-state index contributed by atoms with van der Waals surface area (Å²) >= 11 is 0. The molecule has 3 heteroatoms. The standard InChI is InChI=1S/C15H25NOS/c1-5-10-16-14(12(2)3)11-18(17)15-9-7-6-8-13(15)4/h6-9,12,14,16H,5,10-11H2,1-4H3. The molecule has 1 aromatic rings. The normalized spacial score (nSPS) is 14.7. The number of nitrogens with one attached hydrogen (secondary N) is 1. The predicted octanol–water partition coefficient (Wildman–Crippen LogP) is 3.13. The van der Waals surface area contributed by atoms with Gasteiger partial charge in [-0.3, -0.25) is 4.21 Å². The van der Waals surface area contributed by atoms with E-state index >= 15 is 0 Å². The molecule has 0 spiro atoms. The van der Waals surface area contributed by atoms with Crippen LogP contribution in [0.5, 0.6) is 0 Å². The molecule has 1 aromatic carbocycles. The lowest BCUT2D eigenvalue weighted by molar-refractivity contribution is 0.431. The SMILES string of the molecule is CCCNC(CS(=O)c1ccccc1C)C(C)C. The van der Waals surface area contributed by atoms with E-state index in [4.69, 9.17) is 0 Å². The molecule has 0 fully saturated rings. The summed E-state index contributed by atoms with van der Waals surface area (Å²) in [7, 11) is -0.912. The van der Waals surface area contributed by atoms with Crippen LogP contribution < -0.4 is 5.32 Å². The molecule has 1 N–H and O–H groups in total. The maximum atomic E-state index is 12.4. The summed E-state index contributed by atoms with van der Waals surface area (Å²) in [5.41, 5.74) is 1.12. The van der Waals surface area contributed by atoms with Crippen LogP contribution in [0.3, 0.4) is 0 Å². The van der Waals surface area contributed by atoms with Gasteiger partial charge in [0.05, 0.1) is 10.8 Å². The third-order valence-corrected chi connectivity index (χ3v) is 4.74. The Morgan fingerprint density at radius 3 is 2.50 bits per heavy atom. The van der Waals surface area contributed by atoms with Crippen LogP contribution in [0.1, 0.15) is 32.8 Å². The zero-order chi connectivity index (χ0) is 13.5. The summed E-state index contributed by atoms with van der Waals surface area (Å²) in [4.78, 5) is 0.974. The minimum absolute atomic E-state index is 0.324. The molecular weight excluding hydrogens is 242 g/mol. The molecule has 1 rings (SSSR count). The molecule has 2 nitrogen and oxygen atoms in total. The number of hydrogen-bond donors (Lipinski definition) is 1. The van der Waals surface area contributed by atoms with Gasteiger partial charge in [-0.15, -0.1) is 0 Å². The molecule has 0 aliphatic carbocycles. The Morgan fingerprint density at radius 1 is 1.28 bits per heavy atom. The van der Waals surface area contributed by atoms with E-state index in [1.807, 2.05) is 31.2 Å². The molecule has 0 aliphatic heterocycles. The Labute approximate surface area is 114 Å². The highest BCUT2D eigenvalue weighted by Gasteiger charge is 2.17. The van der Waals surface area contributed by atoms with E-state index in [0.717, 1.165) is 23.4 Å². The van der Waals surface area contributed by atoms with E-state index < -0.39 is 10.8 Å². The maximum absolute atomic E-state index is 12.4. The molecule has 0 radical (unpaired) electrons. The van der Waals surface area contributed by atoms with Crippen molar-refractivity contribution in [1.29, 1.82) is 0 Å². The van der Waals surface area contributed by atoms with Crippen LogP contribution >= 0.6 is 0 Å². The quantitative estimate of drug-likeness (QED) is 0.822. The van der Waals surface area contributed by atoms with Crippen molar-refractivity contribution >= 4 is 10.8 Å². The first-order valence-corrected chi connectivity index (χ1v) is 8.05. The van der Waals surface area contributed by atoms with Crippen LogP contribution in [0.2, 0.25) is 0 Å². The fourth-order valence-corrected chi connectivity index (χ4v) is 3.55. The lowest BCUT2D eigenvalue weighted by atomic mass is 10.1. The molecule has 0 aliphatic rings. The highest BCUT2D eigenvalue weighted by atomic mass is 32.2. The molecular formula is C15H25NOS. The lowest BCUT2D eigenvalue weighted by Crippen LogP contribution is -2.39. The molecule has 2 unspecified atom stereocenters. The minimum atomic E-state index is -0.912. The zero-order valence-electron chi connectivity index (χ0n) is 11.9. The Hall–Kier alpha value is -0.670. The molecule has 102 valence electrons. The second kappa shape index (κ2) is 7.70. The largest absolute Gasteiger partial charge is 0.313 e. The molecule has 0 heterocycles. The van der Waals surface area contributed by atoms with E-state index in [1.54, 1.807) is 0 Å².